The fraction of sp³-hybridized carbons (Fsp3) is 0.600. The fourth-order valence-corrected chi connectivity index (χ4v) is 5.41. The van der Waals surface area contributed by atoms with E-state index >= 15 is 0 Å². The van der Waals surface area contributed by atoms with Crippen LogP contribution in [0.2, 0.25) is 0 Å². The van der Waals surface area contributed by atoms with Crippen LogP contribution in [0.1, 0.15) is 44.2 Å². The number of nitrogens with zero attached hydrogens (tertiary/aromatic N) is 1. The molecule has 0 amide bonds. The second-order valence-corrected chi connectivity index (χ2v) is 7.69. The molecule has 0 spiro atoms. The standard InChI is InChI=1S/C15H24N2O2S/c1-10-8-9-11(2)15(14(10)16)20(18,19)17-12(3)6-5-7-13(17)4/h8-9,12-13H,5-7,16H2,1-4H3/t12-,13+. The zero-order valence-corrected chi connectivity index (χ0v) is 13.5. The minimum absolute atomic E-state index is 0.0306. The van der Waals surface area contributed by atoms with Crippen molar-refractivity contribution in [1.82, 2.24) is 4.31 Å². The number of hydrogen-bond donors (Lipinski definition) is 1. The van der Waals surface area contributed by atoms with Gasteiger partial charge in [-0.1, -0.05) is 18.6 Å². The lowest BCUT2D eigenvalue weighted by atomic mass is 10.0. The first-order chi connectivity index (χ1) is 9.26. The Morgan fingerprint density at radius 2 is 1.60 bits per heavy atom. The molecule has 0 aliphatic carbocycles. The van der Waals surface area contributed by atoms with Crippen LogP contribution in [0.4, 0.5) is 5.69 Å². The molecule has 1 heterocycles. The van der Waals surface area contributed by atoms with E-state index in [1.54, 1.807) is 4.31 Å². The third-order valence-electron chi connectivity index (χ3n) is 4.26. The minimum atomic E-state index is -3.54. The van der Waals surface area contributed by atoms with Gasteiger partial charge in [0, 0.05) is 12.1 Å². The van der Waals surface area contributed by atoms with Crippen LogP contribution in [0, 0.1) is 13.8 Å². The van der Waals surface area contributed by atoms with E-state index in [2.05, 4.69) is 0 Å². The molecule has 1 fully saturated rings. The highest BCUT2D eigenvalue weighted by atomic mass is 32.2. The SMILES string of the molecule is Cc1ccc(C)c(S(=O)(=O)N2[C@H](C)CCC[C@@H]2C)c1N. The van der Waals surface area contributed by atoms with Gasteiger partial charge in [0.15, 0.2) is 0 Å². The largest absolute Gasteiger partial charge is 0.397 e. The van der Waals surface area contributed by atoms with Crippen LogP contribution in [0.25, 0.3) is 0 Å². The predicted molar refractivity (Wildman–Crippen MR) is 82.1 cm³/mol. The second kappa shape index (κ2) is 5.37. The van der Waals surface area contributed by atoms with Crippen LogP contribution in [-0.2, 0) is 10.0 Å². The Morgan fingerprint density at radius 3 is 2.15 bits per heavy atom. The third-order valence-corrected chi connectivity index (χ3v) is 6.59. The van der Waals surface area contributed by atoms with Crippen LogP contribution in [0.5, 0.6) is 0 Å². The highest BCUT2D eigenvalue weighted by molar-refractivity contribution is 7.89. The molecule has 1 aliphatic heterocycles. The molecule has 2 atom stereocenters. The molecule has 2 rings (SSSR count). The van der Waals surface area contributed by atoms with Gasteiger partial charge in [-0.05, 0) is 51.7 Å². The monoisotopic (exact) mass is 296 g/mol. The summed E-state index contributed by atoms with van der Waals surface area (Å²) in [7, 11) is -3.54. The summed E-state index contributed by atoms with van der Waals surface area (Å²) in [6.45, 7) is 7.61. The van der Waals surface area contributed by atoms with E-state index in [0.717, 1.165) is 30.4 Å². The maximum absolute atomic E-state index is 13.0. The highest BCUT2D eigenvalue weighted by Gasteiger charge is 2.37. The van der Waals surface area contributed by atoms with E-state index in [4.69, 9.17) is 5.73 Å². The topological polar surface area (TPSA) is 63.4 Å². The van der Waals surface area contributed by atoms with Crippen LogP contribution >= 0.6 is 0 Å². The van der Waals surface area contributed by atoms with Crippen molar-refractivity contribution in [3.8, 4) is 0 Å². The van der Waals surface area contributed by atoms with Gasteiger partial charge in [-0.2, -0.15) is 4.31 Å². The van der Waals surface area contributed by atoms with E-state index < -0.39 is 10.0 Å². The Balaban J connectivity index is 2.58. The average molecular weight is 296 g/mol. The normalized spacial score (nSPS) is 24.8. The summed E-state index contributed by atoms with van der Waals surface area (Å²) >= 11 is 0. The lowest BCUT2D eigenvalue weighted by molar-refractivity contribution is 0.204. The molecule has 4 nitrogen and oxygen atoms in total. The molecule has 1 aromatic rings. The van der Waals surface area contributed by atoms with Gasteiger partial charge >= 0.3 is 0 Å². The molecular weight excluding hydrogens is 272 g/mol. The van der Waals surface area contributed by atoms with Crippen molar-refractivity contribution in [2.75, 3.05) is 5.73 Å². The van der Waals surface area contributed by atoms with Crippen molar-refractivity contribution in [3.63, 3.8) is 0 Å². The number of sulfonamides is 1. The van der Waals surface area contributed by atoms with E-state index in [1.165, 1.54) is 0 Å². The van der Waals surface area contributed by atoms with Gasteiger partial charge in [0.1, 0.15) is 4.90 Å². The van der Waals surface area contributed by atoms with Gasteiger partial charge < -0.3 is 5.73 Å². The number of anilines is 1. The maximum atomic E-state index is 13.0. The van der Waals surface area contributed by atoms with E-state index in [-0.39, 0.29) is 17.0 Å². The van der Waals surface area contributed by atoms with Crippen molar-refractivity contribution < 1.29 is 8.42 Å². The van der Waals surface area contributed by atoms with Crippen molar-refractivity contribution in [1.29, 1.82) is 0 Å². The van der Waals surface area contributed by atoms with Crippen molar-refractivity contribution in [2.45, 2.75) is 63.9 Å². The number of hydrogen-bond acceptors (Lipinski definition) is 3. The number of aryl methyl sites for hydroxylation is 2. The lowest BCUT2D eigenvalue weighted by Gasteiger charge is -2.38. The third kappa shape index (κ3) is 2.44. The molecule has 2 N–H and O–H groups in total. The highest BCUT2D eigenvalue weighted by Crippen LogP contribution is 2.34. The summed E-state index contributed by atoms with van der Waals surface area (Å²) in [6, 6.07) is 3.76. The van der Waals surface area contributed by atoms with Crippen LogP contribution < -0.4 is 5.73 Å². The van der Waals surface area contributed by atoms with E-state index in [0.29, 0.717) is 5.69 Å². The first-order valence-corrected chi connectivity index (χ1v) is 8.60. The number of benzene rings is 1. The predicted octanol–water partition coefficient (Wildman–Crippen LogP) is 2.84. The van der Waals surface area contributed by atoms with Gasteiger partial charge in [0.05, 0.1) is 5.69 Å². The summed E-state index contributed by atoms with van der Waals surface area (Å²) in [5.74, 6) is 0. The first kappa shape index (κ1) is 15.3. The molecule has 1 aliphatic rings. The summed E-state index contributed by atoms with van der Waals surface area (Å²) in [5.41, 5.74) is 7.98. The molecule has 5 heteroatoms. The molecule has 0 radical (unpaired) electrons. The Hall–Kier alpha value is -1.07. The Morgan fingerprint density at radius 1 is 1.10 bits per heavy atom. The zero-order chi connectivity index (χ0) is 15.1. The number of nitrogens with two attached hydrogens (primary N) is 1. The molecular formula is C15H24N2O2S. The quantitative estimate of drug-likeness (QED) is 0.854. The van der Waals surface area contributed by atoms with Gasteiger partial charge in [-0.3, -0.25) is 0 Å². The lowest BCUT2D eigenvalue weighted by Crippen LogP contribution is -2.47. The van der Waals surface area contributed by atoms with Crippen molar-refractivity contribution >= 4 is 15.7 Å². The molecule has 0 aromatic heterocycles. The minimum Gasteiger partial charge on any atom is -0.397 e. The molecule has 0 bridgehead atoms. The first-order valence-electron chi connectivity index (χ1n) is 7.16. The Kier molecular flexibility index (Phi) is 4.12. The molecule has 20 heavy (non-hydrogen) atoms. The maximum Gasteiger partial charge on any atom is 0.245 e. The van der Waals surface area contributed by atoms with E-state index in [9.17, 15) is 8.42 Å². The molecule has 0 unspecified atom stereocenters. The molecule has 1 saturated heterocycles. The zero-order valence-electron chi connectivity index (χ0n) is 12.7. The van der Waals surface area contributed by atoms with Crippen LogP contribution in [0.3, 0.4) is 0 Å². The second-order valence-electron chi connectivity index (χ2n) is 5.91. The summed E-state index contributed by atoms with van der Waals surface area (Å²) in [5, 5.41) is 0. The number of nitrogen functional groups attached to an aromatic ring is 1. The molecule has 1 aromatic carbocycles. The number of rotatable bonds is 2. The Bertz CT molecular complexity index is 601. The van der Waals surface area contributed by atoms with Crippen LogP contribution in [0.15, 0.2) is 17.0 Å². The van der Waals surface area contributed by atoms with Crippen LogP contribution in [-0.4, -0.2) is 24.8 Å². The van der Waals surface area contributed by atoms with Crippen molar-refractivity contribution in [3.05, 3.63) is 23.3 Å². The van der Waals surface area contributed by atoms with Gasteiger partial charge in [0.25, 0.3) is 0 Å². The summed E-state index contributed by atoms with van der Waals surface area (Å²) in [6.07, 6.45) is 2.90. The number of piperidine rings is 1. The fourth-order valence-electron chi connectivity index (χ4n) is 3.13. The smallest absolute Gasteiger partial charge is 0.245 e. The van der Waals surface area contributed by atoms with Gasteiger partial charge in [-0.15, -0.1) is 0 Å². The Labute approximate surface area is 122 Å². The van der Waals surface area contributed by atoms with Gasteiger partial charge in [-0.25, -0.2) is 8.42 Å². The van der Waals surface area contributed by atoms with Crippen molar-refractivity contribution in [2.24, 2.45) is 0 Å². The van der Waals surface area contributed by atoms with Gasteiger partial charge in [0.2, 0.25) is 10.0 Å². The average Bonchev–Trinajstić information content (AvgIpc) is 2.33. The molecule has 112 valence electrons. The molecule has 0 saturated carbocycles. The summed E-state index contributed by atoms with van der Waals surface area (Å²) < 4.78 is 27.7. The van der Waals surface area contributed by atoms with E-state index in [1.807, 2.05) is 39.8 Å². The summed E-state index contributed by atoms with van der Waals surface area (Å²) in [4.78, 5) is 0.290.